The molecule has 3 heteroatoms. The third kappa shape index (κ3) is 2.68. The first-order valence-corrected chi connectivity index (χ1v) is 4.19. The Kier molecular flexibility index (Phi) is 3.84. The first kappa shape index (κ1) is 10.4. The molecule has 0 amide bonds. The average Bonchev–Trinajstić information content (AvgIpc) is 2.20. The van der Waals surface area contributed by atoms with Gasteiger partial charge in [0.25, 0.3) is 0 Å². The molecule has 0 radical (unpaired) electrons. The van der Waals surface area contributed by atoms with Gasteiger partial charge in [-0.2, -0.15) is 0 Å². The van der Waals surface area contributed by atoms with Gasteiger partial charge < -0.3 is 10.5 Å². The largest absolute Gasteiger partial charge is 0.326 e. The minimum Gasteiger partial charge on any atom is -0.326 e. The summed E-state index contributed by atoms with van der Waals surface area (Å²) in [5.74, 6) is 5.09. The fraction of sp³-hybridized carbons (Fsp3) is 0.182. The van der Waals surface area contributed by atoms with Gasteiger partial charge in [0.2, 0.25) is 0 Å². The summed E-state index contributed by atoms with van der Waals surface area (Å²) in [4.78, 5) is 10.0. The van der Waals surface area contributed by atoms with E-state index in [0.717, 1.165) is 6.29 Å². The van der Waals surface area contributed by atoms with E-state index in [1.165, 1.54) is 12.1 Å². The third-order valence-electron chi connectivity index (χ3n) is 1.70. The molecule has 72 valence electrons. The minimum absolute atomic E-state index is 0.182. The molecular formula is C11H10FNO. The molecule has 14 heavy (non-hydrogen) atoms. The van der Waals surface area contributed by atoms with E-state index in [2.05, 4.69) is 11.8 Å². The van der Waals surface area contributed by atoms with Gasteiger partial charge in [0, 0.05) is 12.1 Å². The number of aldehydes is 1. The fourth-order valence-corrected chi connectivity index (χ4v) is 1.04. The number of halogens is 1. The number of hydrogen-bond donors (Lipinski definition) is 1. The predicted molar refractivity (Wildman–Crippen MR) is 51.9 cm³/mol. The maximum atomic E-state index is 12.8. The van der Waals surface area contributed by atoms with Crippen molar-refractivity contribution in [2.45, 2.75) is 13.0 Å². The van der Waals surface area contributed by atoms with E-state index in [0.29, 0.717) is 11.1 Å². The Morgan fingerprint density at radius 2 is 2.29 bits per heavy atom. The number of benzene rings is 1. The van der Waals surface area contributed by atoms with E-state index in [9.17, 15) is 9.18 Å². The molecule has 0 saturated carbocycles. The number of hydrogen-bond acceptors (Lipinski definition) is 2. The standard InChI is InChI=1S/C11H10FNO/c12-11-5-4-9(3-1-2-6-14)10(7-11)8-13/h4-7H,2,8,13H2. The van der Waals surface area contributed by atoms with Gasteiger partial charge in [-0.1, -0.05) is 11.8 Å². The molecule has 0 aliphatic carbocycles. The summed E-state index contributed by atoms with van der Waals surface area (Å²) in [6.07, 6.45) is 0.903. The van der Waals surface area contributed by atoms with Crippen LogP contribution in [0.4, 0.5) is 4.39 Å². The van der Waals surface area contributed by atoms with Crippen molar-refractivity contribution in [3.63, 3.8) is 0 Å². The first-order chi connectivity index (χ1) is 6.77. The van der Waals surface area contributed by atoms with Gasteiger partial charge in [0.15, 0.2) is 0 Å². The van der Waals surface area contributed by atoms with Crippen LogP contribution in [0, 0.1) is 17.7 Å². The minimum atomic E-state index is -0.327. The van der Waals surface area contributed by atoms with Crippen molar-refractivity contribution < 1.29 is 9.18 Å². The third-order valence-corrected chi connectivity index (χ3v) is 1.70. The number of carbonyl (C=O) groups is 1. The Morgan fingerprint density at radius 1 is 1.50 bits per heavy atom. The van der Waals surface area contributed by atoms with E-state index in [1.807, 2.05) is 0 Å². The SMILES string of the molecule is NCc1cc(F)ccc1C#CCC=O. The molecule has 0 saturated heterocycles. The van der Waals surface area contributed by atoms with Gasteiger partial charge in [-0.05, 0) is 23.8 Å². The number of carbonyl (C=O) groups excluding carboxylic acids is 1. The topological polar surface area (TPSA) is 43.1 Å². The van der Waals surface area contributed by atoms with Crippen LogP contribution in [-0.4, -0.2) is 6.29 Å². The zero-order valence-electron chi connectivity index (χ0n) is 7.59. The van der Waals surface area contributed by atoms with Gasteiger partial charge >= 0.3 is 0 Å². The van der Waals surface area contributed by atoms with Crippen molar-refractivity contribution in [3.8, 4) is 11.8 Å². The molecule has 0 fully saturated rings. The second kappa shape index (κ2) is 5.15. The van der Waals surface area contributed by atoms with Crippen LogP contribution in [0.25, 0.3) is 0 Å². The second-order valence-corrected chi connectivity index (χ2v) is 2.68. The Hall–Kier alpha value is -1.66. The Bertz CT molecular complexity index is 390. The molecule has 0 aliphatic rings. The molecule has 1 aromatic carbocycles. The maximum Gasteiger partial charge on any atom is 0.131 e. The van der Waals surface area contributed by atoms with E-state index in [1.54, 1.807) is 6.07 Å². The van der Waals surface area contributed by atoms with Crippen LogP contribution in [0.5, 0.6) is 0 Å². The highest BCUT2D eigenvalue weighted by Crippen LogP contribution is 2.09. The van der Waals surface area contributed by atoms with E-state index in [4.69, 9.17) is 5.73 Å². The highest BCUT2D eigenvalue weighted by atomic mass is 19.1. The number of nitrogens with two attached hydrogens (primary N) is 1. The summed E-state index contributed by atoms with van der Waals surface area (Å²) in [5.41, 5.74) is 6.75. The van der Waals surface area contributed by atoms with E-state index < -0.39 is 0 Å². The molecule has 0 bridgehead atoms. The van der Waals surface area contributed by atoms with E-state index in [-0.39, 0.29) is 18.8 Å². The van der Waals surface area contributed by atoms with E-state index >= 15 is 0 Å². The molecule has 2 nitrogen and oxygen atoms in total. The molecule has 0 spiro atoms. The van der Waals surface area contributed by atoms with Crippen molar-refractivity contribution in [1.29, 1.82) is 0 Å². The lowest BCUT2D eigenvalue weighted by Gasteiger charge is -2.00. The molecule has 0 aromatic heterocycles. The van der Waals surface area contributed by atoms with Crippen LogP contribution in [0.2, 0.25) is 0 Å². The van der Waals surface area contributed by atoms with Crippen LogP contribution in [0.1, 0.15) is 17.5 Å². The van der Waals surface area contributed by atoms with Gasteiger partial charge in [-0.15, -0.1) is 0 Å². The van der Waals surface area contributed by atoms with Gasteiger partial charge in [0.1, 0.15) is 12.1 Å². The summed E-state index contributed by atoms with van der Waals surface area (Å²) in [5, 5.41) is 0. The first-order valence-electron chi connectivity index (χ1n) is 4.19. The molecule has 0 atom stereocenters. The normalized spacial score (nSPS) is 9.00. The zero-order chi connectivity index (χ0) is 10.4. The lowest BCUT2D eigenvalue weighted by atomic mass is 10.1. The van der Waals surface area contributed by atoms with Gasteiger partial charge in [-0.3, -0.25) is 0 Å². The average molecular weight is 191 g/mol. The zero-order valence-corrected chi connectivity index (χ0v) is 7.59. The monoisotopic (exact) mass is 191 g/mol. The van der Waals surface area contributed by atoms with Crippen LogP contribution >= 0.6 is 0 Å². The maximum absolute atomic E-state index is 12.8. The van der Waals surface area contributed by atoms with Crippen molar-refractivity contribution in [2.24, 2.45) is 5.73 Å². The molecular weight excluding hydrogens is 181 g/mol. The van der Waals surface area contributed by atoms with Crippen molar-refractivity contribution >= 4 is 6.29 Å². The van der Waals surface area contributed by atoms with Crippen LogP contribution in [-0.2, 0) is 11.3 Å². The summed E-state index contributed by atoms with van der Waals surface area (Å²) < 4.78 is 12.8. The Balaban J connectivity index is 2.97. The summed E-state index contributed by atoms with van der Waals surface area (Å²) in [6, 6.07) is 4.24. The molecule has 2 N–H and O–H groups in total. The van der Waals surface area contributed by atoms with Crippen molar-refractivity contribution in [3.05, 3.63) is 35.1 Å². The Labute approximate surface area is 81.9 Å². The van der Waals surface area contributed by atoms with Crippen LogP contribution in [0.15, 0.2) is 18.2 Å². The molecule has 1 aromatic rings. The van der Waals surface area contributed by atoms with Crippen LogP contribution < -0.4 is 5.73 Å². The lowest BCUT2D eigenvalue weighted by molar-refractivity contribution is -0.107. The Morgan fingerprint density at radius 3 is 2.93 bits per heavy atom. The van der Waals surface area contributed by atoms with Crippen molar-refractivity contribution in [2.75, 3.05) is 0 Å². The predicted octanol–water partition coefficient (Wildman–Crippen LogP) is 1.22. The molecule has 0 heterocycles. The highest BCUT2D eigenvalue weighted by Gasteiger charge is 1.99. The smallest absolute Gasteiger partial charge is 0.131 e. The second-order valence-electron chi connectivity index (χ2n) is 2.68. The molecule has 0 aliphatic heterocycles. The lowest BCUT2D eigenvalue weighted by Crippen LogP contribution is -2.00. The van der Waals surface area contributed by atoms with Gasteiger partial charge in [0.05, 0.1) is 6.42 Å². The summed E-state index contributed by atoms with van der Waals surface area (Å²) >= 11 is 0. The van der Waals surface area contributed by atoms with Gasteiger partial charge in [-0.25, -0.2) is 4.39 Å². The fourth-order valence-electron chi connectivity index (χ4n) is 1.04. The summed E-state index contributed by atoms with van der Waals surface area (Å²) in [7, 11) is 0. The quantitative estimate of drug-likeness (QED) is 0.564. The van der Waals surface area contributed by atoms with Crippen molar-refractivity contribution in [1.82, 2.24) is 0 Å². The summed E-state index contributed by atoms with van der Waals surface area (Å²) in [6.45, 7) is 0.239. The number of rotatable bonds is 2. The molecule has 1 rings (SSSR count). The van der Waals surface area contributed by atoms with Crippen LogP contribution in [0.3, 0.4) is 0 Å². The highest BCUT2D eigenvalue weighted by molar-refractivity contribution is 5.55. The molecule has 0 unspecified atom stereocenters.